The molecular weight excluding hydrogens is 416 g/mol. The Balaban J connectivity index is 1.43. The number of carbonyl (C=O) groups is 1. The van der Waals surface area contributed by atoms with Crippen LogP contribution in [-0.2, 0) is 21.4 Å². The number of alkyl halides is 1. The molecule has 0 aromatic carbocycles. The van der Waals surface area contributed by atoms with Crippen LogP contribution in [0.5, 0.6) is 0 Å². The van der Waals surface area contributed by atoms with Crippen molar-refractivity contribution in [3.63, 3.8) is 0 Å². The molecule has 0 saturated heterocycles. The van der Waals surface area contributed by atoms with E-state index < -0.39 is 10.0 Å². The monoisotopic (exact) mass is 444 g/mol. The van der Waals surface area contributed by atoms with Crippen molar-refractivity contribution >= 4 is 38.9 Å². The van der Waals surface area contributed by atoms with E-state index in [9.17, 15) is 13.2 Å². The Morgan fingerprint density at radius 1 is 1.21 bits per heavy atom. The molecular formula is C20H29ClN2O3S2. The number of nitrogens with zero attached hydrogens (tertiary/aromatic N) is 1. The molecule has 1 aromatic rings. The zero-order valence-electron chi connectivity index (χ0n) is 16.5. The van der Waals surface area contributed by atoms with Crippen molar-refractivity contribution in [2.24, 2.45) is 17.3 Å². The molecule has 28 heavy (non-hydrogen) atoms. The predicted molar refractivity (Wildman–Crippen MR) is 112 cm³/mol. The number of halogens is 1. The number of thiophene rings is 1. The Hall–Kier alpha value is -0.630. The average molecular weight is 445 g/mol. The van der Waals surface area contributed by atoms with E-state index in [0.717, 1.165) is 37.0 Å². The summed E-state index contributed by atoms with van der Waals surface area (Å²) in [5, 5.41) is 3.10. The Morgan fingerprint density at radius 3 is 2.43 bits per heavy atom. The van der Waals surface area contributed by atoms with Crippen LogP contribution >= 0.6 is 22.9 Å². The molecule has 1 heterocycles. The molecule has 4 bridgehead atoms. The fourth-order valence-electron chi connectivity index (χ4n) is 6.05. The third kappa shape index (κ3) is 3.53. The highest BCUT2D eigenvalue weighted by atomic mass is 35.5. The minimum Gasteiger partial charge on any atom is -0.351 e. The number of rotatable bonds is 7. The van der Waals surface area contributed by atoms with Crippen LogP contribution < -0.4 is 5.32 Å². The molecule has 5 nitrogen and oxygen atoms in total. The SMILES string of the molecule is CCN(CC)S(=O)(=O)c1ccc(CNC(=O)C23CC4CC(CC(Cl)(C4)C2)C3)s1. The van der Waals surface area contributed by atoms with Gasteiger partial charge in [-0.1, -0.05) is 13.8 Å². The van der Waals surface area contributed by atoms with E-state index in [2.05, 4.69) is 5.32 Å². The van der Waals surface area contributed by atoms with Crippen molar-refractivity contribution in [1.29, 1.82) is 0 Å². The fourth-order valence-corrected chi connectivity index (χ4v) is 9.65. The summed E-state index contributed by atoms with van der Waals surface area (Å²) in [5.41, 5.74) is -0.320. The lowest BCUT2D eigenvalue weighted by atomic mass is 9.49. The largest absolute Gasteiger partial charge is 0.351 e. The minimum atomic E-state index is -3.44. The second-order valence-corrected chi connectivity index (χ2v) is 13.0. The van der Waals surface area contributed by atoms with Gasteiger partial charge in [0.1, 0.15) is 4.21 Å². The summed E-state index contributed by atoms with van der Waals surface area (Å²) in [6.45, 7) is 4.96. The van der Waals surface area contributed by atoms with Gasteiger partial charge in [-0.15, -0.1) is 22.9 Å². The molecule has 4 saturated carbocycles. The molecule has 4 aliphatic rings. The fraction of sp³-hybridized carbons (Fsp3) is 0.750. The van der Waals surface area contributed by atoms with Crippen molar-refractivity contribution in [2.75, 3.05) is 13.1 Å². The van der Waals surface area contributed by atoms with Crippen LogP contribution in [0.3, 0.4) is 0 Å². The summed E-state index contributed by atoms with van der Waals surface area (Å²) in [6.07, 6.45) is 6.02. The van der Waals surface area contributed by atoms with Gasteiger partial charge in [0.2, 0.25) is 5.91 Å². The van der Waals surface area contributed by atoms with Crippen molar-refractivity contribution in [3.05, 3.63) is 17.0 Å². The maximum atomic E-state index is 13.1. The lowest BCUT2D eigenvalue weighted by molar-refractivity contribution is -0.144. The van der Waals surface area contributed by atoms with Gasteiger partial charge in [0, 0.05) is 22.8 Å². The third-order valence-corrected chi connectivity index (χ3v) is 10.9. The number of carbonyl (C=O) groups excluding carboxylic acids is 1. The van der Waals surface area contributed by atoms with Crippen molar-refractivity contribution in [1.82, 2.24) is 9.62 Å². The molecule has 156 valence electrons. The van der Waals surface area contributed by atoms with Gasteiger partial charge in [0.25, 0.3) is 10.0 Å². The van der Waals surface area contributed by atoms with Crippen molar-refractivity contribution in [3.8, 4) is 0 Å². The van der Waals surface area contributed by atoms with E-state index in [4.69, 9.17) is 11.6 Å². The van der Waals surface area contributed by atoms with Gasteiger partial charge >= 0.3 is 0 Å². The number of amides is 1. The van der Waals surface area contributed by atoms with Gasteiger partial charge in [-0.25, -0.2) is 8.42 Å². The summed E-state index contributed by atoms with van der Waals surface area (Å²) < 4.78 is 27.1. The summed E-state index contributed by atoms with van der Waals surface area (Å²) in [6, 6.07) is 3.46. The zero-order valence-corrected chi connectivity index (χ0v) is 18.9. The Bertz CT molecular complexity index is 849. The molecule has 4 aliphatic carbocycles. The molecule has 8 heteroatoms. The normalized spacial score (nSPS) is 34.1. The molecule has 2 atom stereocenters. The van der Waals surface area contributed by atoms with Gasteiger partial charge in [-0.3, -0.25) is 4.79 Å². The molecule has 2 unspecified atom stereocenters. The first-order valence-corrected chi connectivity index (χ1v) is 12.9. The van der Waals surface area contributed by atoms with Gasteiger partial charge in [-0.05, 0) is 62.5 Å². The zero-order chi connectivity index (χ0) is 20.2. The first-order valence-electron chi connectivity index (χ1n) is 10.3. The van der Waals surface area contributed by atoms with Crippen LogP contribution in [0.2, 0.25) is 0 Å². The Labute approximate surface area is 176 Å². The highest BCUT2D eigenvalue weighted by molar-refractivity contribution is 7.91. The maximum absolute atomic E-state index is 13.1. The van der Waals surface area contributed by atoms with Gasteiger partial charge < -0.3 is 5.32 Å². The number of sulfonamides is 1. The second-order valence-electron chi connectivity index (χ2n) is 8.88. The third-order valence-electron chi connectivity index (χ3n) is 6.83. The van der Waals surface area contributed by atoms with E-state index >= 15 is 0 Å². The van der Waals surface area contributed by atoms with E-state index in [1.165, 1.54) is 22.1 Å². The summed E-state index contributed by atoms with van der Waals surface area (Å²) >= 11 is 8.09. The molecule has 5 rings (SSSR count). The second kappa shape index (κ2) is 7.25. The van der Waals surface area contributed by atoms with Gasteiger partial charge in [0.05, 0.1) is 12.0 Å². The van der Waals surface area contributed by atoms with Crippen LogP contribution in [0.1, 0.15) is 57.2 Å². The predicted octanol–water partition coefficient (Wildman–Crippen LogP) is 3.97. The van der Waals surface area contributed by atoms with E-state index in [1.54, 1.807) is 6.07 Å². The van der Waals surface area contributed by atoms with E-state index in [-0.39, 0.29) is 16.2 Å². The lowest BCUT2D eigenvalue weighted by Crippen LogP contribution is -2.58. The summed E-state index contributed by atoms with van der Waals surface area (Å²) in [7, 11) is -3.44. The summed E-state index contributed by atoms with van der Waals surface area (Å²) in [5.74, 6) is 1.27. The van der Waals surface area contributed by atoms with E-state index in [0.29, 0.717) is 35.7 Å². The molecule has 0 radical (unpaired) electrons. The number of hydrogen-bond donors (Lipinski definition) is 1. The standard InChI is InChI=1S/C20H29ClN2O3S2/c1-3-23(4-2)28(25,26)17-6-5-16(27-17)12-22-18(24)19-8-14-7-15(9-19)11-20(21,10-14)13-19/h5-6,14-15H,3-4,7-13H2,1-2H3,(H,22,24). The molecule has 0 spiro atoms. The molecule has 1 N–H and O–H groups in total. The highest BCUT2D eigenvalue weighted by Crippen LogP contribution is 2.63. The Kier molecular flexibility index (Phi) is 5.35. The topological polar surface area (TPSA) is 66.5 Å². The first-order chi connectivity index (χ1) is 13.2. The maximum Gasteiger partial charge on any atom is 0.252 e. The molecule has 4 fully saturated rings. The van der Waals surface area contributed by atoms with Crippen molar-refractivity contribution < 1.29 is 13.2 Å². The average Bonchev–Trinajstić information content (AvgIpc) is 3.08. The van der Waals surface area contributed by atoms with Crippen LogP contribution in [0, 0.1) is 17.3 Å². The number of nitrogens with one attached hydrogen (secondary N) is 1. The van der Waals surface area contributed by atoms with E-state index in [1.807, 2.05) is 19.9 Å². The Morgan fingerprint density at radius 2 is 1.86 bits per heavy atom. The van der Waals surface area contributed by atoms with Crippen LogP contribution in [0.15, 0.2) is 16.3 Å². The smallest absolute Gasteiger partial charge is 0.252 e. The number of hydrogen-bond acceptors (Lipinski definition) is 4. The minimum absolute atomic E-state index is 0.105. The van der Waals surface area contributed by atoms with Crippen LogP contribution in [0.4, 0.5) is 0 Å². The van der Waals surface area contributed by atoms with Gasteiger partial charge in [-0.2, -0.15) is 4.31 Å². The molecule has 1 aromatic heterocycles. The molecule has 1 amide bonds. The lowest BCUT2D eigenvalue weighted by Gasteiger charge is -2.59. The first kappa shape index (κ1) is 20.6. The van der Waals surface area contributed by atoms with Crippen LogP contribution in [-0.4, -0.2) is 36.6 Å². The molecule has 0 aliphatic heterocycles. The van der Waals surface area contributed by atoms with Crippen molar-refractivity contribution in [2.45, 2.75) is 68.0 Å². The van der Waals surface area contributed by atoms with Crippen LogP contribution in [0.25, 0.3) is 0 Å². The van der Waals surface area contributed by atoms with Gasteiger partial charge in [0.15, 0.2) is 0 Å². The summed E-state index contributed by atoms with van der Waals surface area (Å²) in [4.78, 5) is 13.8. The quantitative estimate of drug-likeness (QED) is 0.647. The highest BCUT2D eigenvalue weighted by Gasteiger charge is 2.59.